The van der Waals surface area contributed by atoms with Crippen molar-refractivity contribution in [1.29, 1.82) is 0 Å². The maximum Gasteiger partial charge on any atom is 0.251 e. The Labute approximate surface area is 123 Å². The summed E-state index contributed by atoms with van der Waals surface area (Å²) in [7, 11) is 0. The van der Waals surface area contributed by atoms with E-state index in [1.54, 1.807) is 0 Å². The molecule has 0 aliphatic rings. The standard InChI is InChI=1S/C15H22BrNO2/c1-15(2,3)13(8-9-18)17-14(19)12-6-4-11(10-16)5-7-12/h4-7,13,18H,8-10H2,1-3H3,(H,17,19). The molecule has 0 fully saturated rings. The summed E-state index contributed by atoms with van der Waals surface area (Å²) in [5.41, 5.74) is 1.71. The number of benzene rings is 1. The van der Waals surface area contributed by atoms with Gasteiger partial charge in [0.2, 0.25) is 0 Å². The van der Waals surface area contributed by atoms with Crippen LogP contribution in [0.15, 0.2) is 24.3 Å². The SMILES string of the molecule is CC(C)(C)C(CCO)NC(=O)c1ccc(CBr)cc1. The van der Waals surface area contributed by atoms with E-state index in [-0.39, 0.29) is 24.0 Å². The van der Waals surface area contributed by atoms with Gasteiger partial charge in [-0.3, -0.25) is 4.79 Å². The summed E-state index contributed by atoms with van der Waals surface area (Å²) in [5, 5.41) is 12.9. The molecule has 0 aliphatic heterocycles. The van der Waals surface area contributed by atoms with Crippen LogP contribution in [0.25, 0.3) is 0 Å². The van der Waals surface area contributed by atoms with Crippen molar-refractivity contribution in [3.8, 4) is 0 Å². The Kier molecular flexibility index (Phi) is 6.01. The van der Waals surface area contributed by atoms with Gasteiger partial charge in [-0.15, -0.1) is 0 Å². The van der Waals surface area contributed by atoms with Crippen LogP contribution in [0.3, 0.4) is 0 Å². The lowest BCUT2D eigenvalue weighted by Gasteiger charge is -2.31. The molecule has 0 spiro atoms. The van der Waals surface area contributed by atoms with Gasteiger partial charge in [0.05, 0.1) is 0 Å². The summed E-state index contributed by atoms with van der Waals surface area (Å²) in [6, 6.07) is 7.47. The van der Waals surface area contributed by atoms with Gasteiger partial charge in [-0.25, -0.2) is 0 Å². The Morgan fingerprint density at radius 2 is 1.89 bits per heavy atom. The van der Waals surface area contributed by atoms with Crippen molar-refractivity contribution in [1.82, 2.24) is 5.32 Å². The van der Waals surface area contributed by atoms with E-state index in [0.717, 1.165) is 10.9 Å². The molecular weight excluding hydrogens is 306 g/mol. The van der Waals surface area contributed by atoms with Gasteiger partial charge in [-0.05, 0) is 29.5 Å². The summed E-state index contributed by atoms with van der Waals surface area (Å²) < 4.78 is 0. The van der Waals surface area contributed by atoms with E-state index in [2.05, 4.69) is 42.0 Å². The van der Waals surface area contributed by atoms with Gasteiger partial charge in [-0.1, -0.05) is 48.8 Å². The third-order valence-electron chi connectivity index (χ3n) is 3.14. The first-order valence-electron chi connectivity index (χ1n) is 6.45. The van der Waals surface area contributed by atoms with Gasteiger partial charge in [0.1, 0.15) is 0 Å². The molecule has 0 bridgehead atoms. The number of hydrogen-bond acceptors (Lipinski definition) is 2. The molecule has 2 N–H and O–H groups in total. The first-order valence-corrected chi connectivity index (χ1v) is 7.57. The van der Waals surface area contributed by atoms with Gasteiger partial charge >= 0.3 is 0 Å². The van der Waals surface area contributed by atoms with Crippen LogP contribution in [0.4, 0.5) is 0 Å². The van der Waals surface area contributed by atoms with Crippen molar-refractivity contribution in [3.63, 3.8) is 0 Å². The third-order valence-corrected chi connectivity index (χ3v) is 3.79. The van der Waals surface area contributed by atoms with Crippen LogP contribution in [0.5, 0.6) is 0 Å². The van der Waals surface area contributed by atoms with Crippen molar-refractivity contribution >= 4 is 21.8 Å². The fraction of sp³-hybridized carbons (Fsp3) is 0.533. The normalized spacial score (nSPS) is 13.1. The maximum atomic E-state index is 12.2. The lowest BCUT2D eigenvalue weighted by molar-refractivity contribution is 0.0885. The van der Waals surface area contributed by atoms with Crippen LogP contribution in [0.2, 0.25) is 0 Å². The molecule has 1 unspecified atom stereocenters. The first-order chi connectivity index (χ1) is 8.88. The molecule has 1 amide bonds. The Hall–Kier alpha value is -0.870. The number of hydrogen-bond donors (Lipinski definition) is 2. The van der Waals surface area contributed by atoms with Crippen LogP contribution in [0.1, 0.15) is 43.1 Å². The average molecular weight is 328 g/mol. The van der Waals surface area contributed by atoms with Crippen molar-refractivity contribution < 1.29 is 9.90 Å². The fourth-order valence-corrected chi connectivity index (χ4v) is 2.21. The molecule has 4 heteroatoms. The van der Waals surface area contributed by atoms with E-state index < -0.39 is 0 Å². The molecule has 1 atom stereocenters. The average Bonchev–Trinajstić information content (AvgIpc) is 2.37. The van der Waals surface area contributed by atoms with Crippen molar-refractivity contribution in [2.75, 3.05) is 6.61 Å². The van der Waals surface area contributed by atoms with E-state index in [1.807, 2.05) is 24.3 Å². The monoisotopic (exact) mass is 327 g/mol. The number of aliphatic hydroxyl groups excluding tert-OH is 1. The largest absolute Gasteiger partial charge is 0.396 e. The van der Waals surface area contributed by atoms with Gasteiger partial charge in [0.15, 0.2) is 0 Å². The zero-order valence-electron chi connectivity index (χ0n) is 11.7. The lowest BCUT2D eigenvalue weighted by atomic mass is 9.84. The molecule has 106 valence electrons. The second kappa shape index (κ2) is 7.06. The van der Waals surface area contributed by atoms with Crippen LogP contribution < -0.4 is 5.32 Å². The smallest absolute Gasteiger partial charge is 0.251 e. The second-order valence-corrected chi connectivity index (χ2v) is 6.30. The third kappa shape index (κ3) is 4.96. The fourth-order valence-electron chi connectivity index (χ4n) is 1.84. The highest BCUT2D eigenvalue weighted by Gasteiger charge is 2.25. The molecule has 0 aliphatic carbocycles. The highest BCUT2D eigenvalue weighted by atomic mass is 79.9. The Morgan fingerprint density at radius 1 is 1.32 bits per heavy atom. The summed E-state index contributed by atoms with van der Waals surface area (Å²) in [6.45, 7) is 6.25. The van der Waals surface area contributed by atoms with Crippen molar-refractivity contribution in [3.05, 3.63) is 35.4 Å². The molecule has 1 aromatic rings. The Morgan fingerprint density at radius 3 is 2.32 bits per heavy atom. The zero-order valence-corrected chi connectivity index (χ0v) is 13.3. The Balaban J connectivity index is 2.75. The van der Waals surface area contributed by atoms with Gasteiger partial charge in [0.25, 0.3) is 5.91 Å². The minimum absolute atomic E-state index is 0.0409. The number of nitrogens with one attached hydrogen (secondary N) is 1. The lowest BCUT2D eigenvalue weighted by Crippen LogP contribution is -2.44. The first kappa shape index (κ1) is 16.2. The topological polar surface area (TPSA) is 49.3 Å². The summed E-state index contributed by atoms with van der Waals surface area (Å²) in [5.74, 6) is -0.0884. The molecule has 1 aromatic carbocycles. The second-order valence-electron chi connectivity index (χ2n) is 5.73. The van der Waals surface area contributed by atoms with Gasteiger partial charge in [0, 0.05) is 23.5 Å². The highest BCUT2D eigenvalue weighted by molar-refractivity contribution is 9.08. The van der Waals surface area contributed by atoms with E-state index in [1.165, 1.54) is 0 Å². The minimum atomic E-state index is -0.0884. The number of amides is 1. The van der Waals surface area contributed by atoms with Crippen LogP contribution in [-0.4, -0.2) is 23.7 Å². The molecule has 0 saturated heterocycles. The van der Waals surface area contributed by atoms with Crippen LogP contribution >= 0.6 is 15.9 Å². The molecule has 0 aromatic heterocycles. The number of rotatable bonds is 5. The molecule has 19 heavy (non-hydrogen) atoms. The number of alkyl halides is 1. The summed E-state index contributed by atoms with van der Waals surface area (Å²) in [4.78, 5) is 12.2. The minimum Gasteiger partial charge on any atom is -0.396 e. The van der Waals surface area contributed by atoms with Gasteiger partial charge < -0.3 is 10.4 Å². The maximum absolute atomic E-state index is 12.2. The van der Waals surface area contributed by atoms with Crippen molar-refractivity contribution in [2.45, 2.75) is 38.6 Å². The number of carbonyl (C=O) groups excluding carboxylic acids is 1. The molecule has 1 rings (SSSR count). The quantitative estimate of drug-likeness (QED) is 0.816. The number of aliphatic hydroxyl groups is 1. The van der Waals surface area contributed by atoms with E-state index in [0.29, 0.717) is 12.0 Å². The van der Waals surface area contributed by atoms with Crippen molar-refractivity contribution in [2.24, 2.45) is 5.41 Å². The van der Waals surface area contributed by atoms with E-state index >= 15 is 0 Å². The van der Waals surface area contributed by atoms with E-state index in [9.17, 15) is 4.79 Å². The molecular formula is C15H22BrNO2. The van der Waals surface area contributed by atoms with Crippen LogP contribution in [0, 0.1) is 5.41 Å². The number of carbonyl (C=O) groups is 1. The Bertz CT molecular complexity index is 409. The number of halogens is 1. The van der Waals surface area contributed by atoms with E-state index in [4.69, 9.17) is 5.11 Å². The summed E-state index contributed by atoms with van der Waals surface area (Å²) in [6.07, 6.45) is 0.564. The molecule has 0 saturated carbocycles. The predicted octanol–water partition coefficient (Wildman–Crippen LogP) is 3.11. The zero-order chi connectivity index (χ0) is 14.5. The summed E-state index contributed by atoms with van der Waals surface area (Å²) >= 11 is 3.38. The van der Waals surface area contributed by atoms with Crippen LogP contribution in [-0.2, 0) is 5.33 Å². The molecule has 0 radical (unpaired) electrons. The molecule has 0 heterocycles. The molecule has 3 nitrogen and oxygen atoms in total. The van der Waals surface area contributed by atoms with Gasteiger partial charge in [-0.2, -0.15) is 0 Å². The predicted molar refractivity (Wildman–Crippen MR) is 81.5 cm³/mol. The highest BCUT2D eigenvalue weighted by Crippen LogP contribution is 2.22.